The zero-order valence-corrected chi connectivity index (χ0v) is 8.60. The van der Waals surface area contributed by atoms with E-state index in [1.165, 1.54) is 0 Å². The van der Waals surface area contributed by atoms with E-state index in [4.69, 9.17) is 4.74 Å². The highest BCUT2D eigenvalue weighted by molar-refractivity contribution is 5.88. The predicted octanol–water partition coefficient (Wildman–Crippen LogP) is 1.21. The van der Waals surface area contributed by atoms with Gasteiger partial charge in [-0.05, 0) is 13.8 Å². The summed E-state index contributed by atoms with van der Waals surface area (Å²) in [5.41, 5.74) is 1.94. The van der Waals surface area contributed by atoms with E-state index >= 15 is 0 Å². The second kappa shape index (κ2) is 3.68. The minimum atomic E-state index is -0.404. The van der Waals surface area contributed by atoms with Gasteiger partial charge in [-0.3, -0.25) is 4.98 Å². The van der Waals surface area contributed by atoms with Crippen LogP contribution in [0.2, 0.25) is 0 Å². The molecule has 15 heavy (non-hydrogen) atoms. The molecule has 0 fully saturated rings. The molecule has 0 radical (unpaired) electrons. The molecule has 0 aliphatic heterocycles. The SMILES string of the molecule is CCOC(=O)c1cc2cnc(C)cn2n1. The molecule has 0 atom stereocenters. The number of esters is 1. The number of aromatic nitrogens is 3. The molecular formula is C10H11N3O2. The summed E-state index contributed by atoms with van der Waals surface area (Å²) in [5.74, 6) is -0.404. The van der Waals surface area contributed by atoms with E-state index < -0.39 is 5.97 Å². The van der Waals surface area contributed by atoms with Crippen molar-refractivity contribution >= 4 is 11.5 Å². The van der Waals surface area contributed by atoms with E-state index in [0.717, 1.165) is 11.2 Å². The van der Waals surface area contributed by atoms with Gasteiger partial charge in [0.25, 0.3) is 0 Å². The smallest absolute Gasteiger partial charge is 0.358 e. The summed E-state index contributed by atoms with van der Waals surface area (Å²) >= 11 is 0. The third kappa shape index (κ3) is 1.81. The molecule has 78 valence electrons. The van der Waals surface area contributed by atoms with E-state index in [-0.39, 0.29) is 0 Å². The molecule has 2 aromatic rings. The van der Waals surface area contributed by atoms with Crippen molar-refractivity contribution in [1.29, 1.82) is 0 Å². The Morgan fingerprint density at radius 2 is 2.40 bits per heavy atom. The maximum Gasteiger partial charge on any atom is 0.358 e. The Balaban J connectivity index is 2.42. The maximum absolute atomic E-state index is 11.4. The minimum absolute atomic E-state index is 0.309. The lowest BCUT2D eigenvalue weighted by Gasteiger charge is -1.95. The van der Waals surface area contributed by atoms with Crippen molar-refractivity contribution in [2.75, 3.05) is 6.61 Å². The second-order valence-electron chi connectivity index (χ2n) is 3.15. The molecule has 0 aliphatic carbocycles. The third-order valence-corrected chi connectivity index (χ3v) is 1.96. The van der Waals surface area contributed by atoms with Gasteiger partial charge >= 0.3 is 5.97 Å². The first kappa shape index (κ1) is 9.64. The highest BCUT2D eigenvalue weighted by Gasteiger charge is 2.11. The third-order valence-electron chi connectivity index (χ3n) is 1.96. The average molecular weight is 205 g/mol. The van der Waals surface area contributed by atoms with Crippen molar-refractivity contribution in [2.45, 2.75) is 13.8 Å². The fourth-order valence-electron chi connectivity index (χ4n) is 1.29. The number of rotatable bonds is 2. The summed E-state index contributed by atoms with van der Waals surface area (Å²) in [6.07, 6.45) is 3.43. The number of hydrogen-bond acceptors (Lipinski definition) is 4. The number of carbonyl (C=O) groups excluding carboxylic acids is 1. The van der Waals surface area contributed by atoms with Gasteiger partial charge in [-0.25, -0.2) is 9.31 Å². The summed E-state index contributed by atoms with van der Waals surface area (Å²) in [4.78, 5) is 15.5. The van der Waals surface area contributed by atoms with E-state index in [0.29, 0.717) is 12.3 Å². The van der Waals surface area contributed by atoms with Crippen LogP contribution in [0.5, 0.6) is 0 Å². The summed E-state index contributed by atoms with van der Waals surface area (Å²) in [5, 5.41) is 4.09. The predicted molar refractivity (Wildman–Crippen MR) is 53.7 cm³/mol. The molecule has 0 spiro atoms. The minimum Gasteiger partial charge on any atom is -0.461 e. The first-order valence-corrected chi connectivity index (χ1v) is 4.70. The lowest BCUT2D eigenvalue weighted by atomic mass is 10.4. The van der Waals surface area contributed by atoms with E-state index in [1.54, 1.807) is 29.9 Å². The number of fused-ring (bicyclic) bond motifs is 1. The van der Waals surface area contributed by atoms with Crippen molar-refractivity contribution in [1.82, 2.24) is 14.6 Å². The normalized spacial score (nSPS) is 10.5. The van der Waals surface area contributed by atoms with Crippen LogP contribution in [0.3, 0.4) is 0 Å². The highest BCUT2D eigenvalue weighted by Crippen LogP contribution is 2.07. The van der Waals surface area contributed by atoms with Crippen molar-refractivity contribution in [2.24, 2.45) is 0 Å². The average Bonchev–Trinajstić information content (AvgIpc) is 2.60. The van der Waals surface area contributed by atoms with Crippen molar-refractivity contribution in [3.05, 3.63) is 29.8 Å². The Labute approximate surface area is 86.7 Å². The molecule has 0 unspecified atom stereocenters. The molecule has 0 amide bonds. The number of hydrogen-bond donors (Lipinski definition) is 0. The fraction of sp³-hybridized carbons (Fsp3) is 0.300. The van der Waals surface area contributed by atoms with Gasteiger partial charge in [0.1, 0.15) is 0 Å². The Bertz CT molecular complexity index is 504. The van der Waals surface area contributed by atoms with E-state index in [1.807, 2.05) is 6.92 Å². The van der Waals surface area contributed by atoms with Gasteiger partial charge in [0.15, 0.2) is 5.69 Å². The summed E-state index contributed by atoms with van der Waals surface area (Å²) in [6.45, 7) is 3.98. The lowest BCUT2D eigenvalue weighted by molar-refractivity contribution is 0.0519. The summed E-state index contributed by atoms with van der Waals surface area (Å²) in [6, 6.07) is 1.66. The summed E-state index contributed by atoms with van der Waals surface area (Å²) < 4.78 is 6.47. The number of carbonyl (C=O) groups is 1. The van der Waals surface area contributed by atoms with Gasteiger partial charge in [0.2, 0.25) is 0 Å². The van der Waals surface area contributed by atoms with Crippen molar-refractivity contribution in [3.8, 4) is 0 Å². The fourth-order valence-corrected chi connectivity index (χ4v) is 1.29. The Hall–Kier alpha value is -1.91. The molecule has 2 rings (SSSR count). The van der Waals surface area contributed by atoms with Crippen LogP contribution < -0.4 is 0 Å². The molecule has 0 bridgehead atoms. The Morgan fingerprint density at radius 1 is 1.60 bits per heavy atom. The van der Waals surface area contributed by atoms with Gasteiger partial charge in [0, 0.05) is 6.07 Å². The van der Waals surface area contributed by atoms with E-state index in [2.05, 4.69) is 10.1 Å². The zero-order valence-electron chi connectivity index (χ0n) is 8.60. The van der Waals surface area contributed by atoms with Crippen LogP contribution >= 0.6 is 0 Å². The molecule has 0 aliphatic rings. The van der Waals surface area contributed by atoms with Gasteiger partial charge in [-0.2, -0.15) is 5.10 Å². The van der Waals surface area contributed by atoms with Crippen molar-refractivity contribution < 1.29 is 9.53 Å². The number of ether oxygens (including phenoxy) is 1. The van der Waals surface area contributed by atoms with Crippen LogP contribution in [0, 0.1) is 6.92 Å². The molecular weight excluding hydrogens is 194 g/mol. The number of aryl methyl sites for hydroxylation is 1. The Kier molecular flexibility index (Phi) is 2.37. The van der Waals surface area contributed by atoms with Crippen LogP contribution in [-0.2, 0) is 4.74 Å². The van der Waals surface area contributed by atoms with Crippen LogP contribution in [0.25, 0.3) is 5.52 Å². The van der Waals surface area contributed by atoms with Crippen LogP contribution in [0.15, 0.2) is 18.5 Å². The van der Waals surface area contributed by atoms with Gasteiger partial charge in [0.05, 0.1) is 30.2 Å². The van der Waals surface area contributed by atoms with Crippen molar-refractivity contribution in [3.63, 3.8) is 0 Å². The molecule has 2 aromatic heterocycles. The Morgan fingerprint density at radius 3 is 3.13 bits per heavy atom. The molecule has 5 nitrogen and oxygen atoms in total. The zero-order chi connectivity index (χ0) is 10.8. The molecule has 0 saturated carbocycles. The second-order valence-corrected chi connectivity index (χ2v) is 3.15. The van der Waals surface area contributed by atoms with Crippen LogP contribution in [0.4, 0.5) is 0 Å². The quantitative estimate of drug-likeness (QED) is 0.691. The lowest BCUT2D eigenvalue weighted by Crippen LogP contribution is -2.05. The molecule has 0 aromatic carbocycles. The van der Waals surface area contributed by atoms with E-state index in [9.17, 15) is 4.79 Å². The highest BCUT2D eigenvalue weighted by atomic mass is 16.5. The largest absolute Gasteiger partial charge is 0.461 e. The topological polar surface area (TPSA) is 56.5 Å². The first-order chi connectivity index (χ1) is 7.20. The standard InChI is InChI=1S/C10H11N3O2/c1-3-15-10(14)9-4-8-5-11-7(2)6-13(8)12-9/h4-6H,3H2,1-2H3. The van der Waals surface area contributed by atoms with Crippen LogP contribution in [-0.4, -0.2) is 27.2 Å². The van der Waals surface area contributed by atoms with Crippen LogP contribution in [0.1, 0.15) is 23.1 Å². The summed E-state index contributed by atoms with van der Waals surface area (Å²) in [7, 11) is 0. The molecule has 0 N–H and O–H groups in total. The van der Waals surface area contributed by atoms with Gasteiger partial charge in [-0.15, -0.1) is 0 Å². The number of nitrogens with zero attached hydrogens (tertiary/aromatic N) is 3. The monoisotopic (exact) mass is 205 g/mol. The van der Waals surface area contributed by atoms with Gasteiger partial charge < -0.3 is 4.74 Å². The molecule has 0 saturated heterocycles. The molecule has 2 heterocycles. The molecule has 5 heteroatoms. The first-order valence-electron chi connectivity index (χ1n) is 4.70. The van der Waals surface area contributed by atoms with Gasteiger partial charge in [-0.1, -0.05) is 0 Å². The maximum atomic E-state index is 11.4.